The highest BCUT2D eigenvalue weighted by molar-refractivity contribution is 6.07. The lowest BCUT2D eigenvalue weighted by atomic mass is 9.79. The van der Waals surface area contributed by atoms with Gasteiger partial charge in [-0.1, -0.05) is 101 Å². The molecule has 0 aromatic heterocycles. The summed E-state index contributed by atoms with van der Waals surface area (Å²) in [7, 11) is -4.94. The van der Waals surface area contributed by atoms with Crippen LogP contribution in [0.2, 0.25) is 0 Å². The van der Waals surface area contributed by atoms with Crippen LogP contribution in [0.25, 0.3) is 21.5 Å². The van der Waals surface area contributed by atoms with Crippen molar-refractivity contribution >= 4 is 38.6 Å². The minimum Gasteiger partial charge on any atom is -0.344 e. The number of hydrogen-bond acceptors (Lipinski definition) is 5. The zero-order chi connectivity index (χ0) is 33.3. The lowest BCUT2D eigenvalue weighted by molar-refractivity contribution is -2.00. The lowest BCUT2D eigenvalue weighted by Crippen LogP contribution is -2.68. The third kappa shape index (κ3) is 6.51. The van der Waals surface area contributed by atoms with Gasteiger partial charge in [-0.25, -0.2) is 18.6 Å². The number of rotatable bonds is 8. The van der Waals surface area contributed by atoms with Gasteiger partial charge in [-0.15, -0.1) is 10.2 Å². The SMILES string of the molecule is CCCCN1C(=CC=CC2=[N+](CCCC)c3ccc4ccccc4c3C2(C)C)C(C)(C)c2c1ccc1ccccc21.[O-][Cl+3]([O-])([O-])[O-]. The van der Waals surface area contributed by atoms with E-state index in [2.05, 4.69) is 142 Å². The molecule has 0 spiro atoms. The fourth-order valence-electron chi connectivity index (χ4n) is 7.42. The van der Waals surface area contributed by atoms with Crippen molar-refractivity contribution in [2.45, 2.75) is 78.1 Å². The van der Waals surface area contributed by atoms with Gasteiger partial charge in [-0.3, -0.25) is 0 Å². The second-order valence-corrected chi connectivity index (χ2v) is 14.1. The van der Waals surface area contributed by atoms with Crippen LogP contribution in [0.3, 0.4) is 0 Å². The van der Waals surface area contributed by atoms with E-state index in [1.807, 2.05) is 0 Å². The van der Waals surface area contributed by atoms with Crippen LogP contribution in [0.4, 0.5) is 11.4 Å². The van der Waals surface area contributed by atoms with Crippen LogP contribution in [-0.2, 0) is 10.8 Å². The molecule has 0 aliphatic carbocycles. The van der Waals surface area contributed by atoms with Gasteiger partial charge in [0.1, 0.15) is 6.54 Å². The van der Waals surface area contributed by atoms with Gasteiger partial charge in [0.25, 0.3) is 0 Å². The zero-order valence-corrected chi connectivity index (χ0v) is 28.6. The molecule has 2 heterocycles. The Labute approximate surface area is 275 Å². The average Bonchev–Trinajstić information content (AvgIpc) is 3.36. The summed E-state index contributed by atoms with van der Waals surface area (Å²) in [6.07, 6.45) is 11.9. The van der Waals surface area contributed by atoms with Crippen LogP contribution in [0, 0.1) is 10.2 Å². The maximum Gasteiger partial charge on any atom is 0.210 e. The smallest absolute Gasteiger partial charge is 0.210 e. The van der Waals surface area contributed by atoms with E-state index in [1.165, 1.54) is 81.1 Å². The zero-order valence-electron chi connectivity index (χ0n) is 27.8. The van der Waals surface area contributed by atoms with E-state index in [0.717, 1.165) is 13.1 Å². The summed E-state index contributed by atoms with van der Waals surface area (Å²) >= 11 is 0. The number of unbranched alkanes of at least 4 members (excludes halogenated alkanes) is 2. The molecular weight excluding hydrogens is 596 g/mol. The summed E-state index contributed by atoms with van der Waals surface area (Å²) < 4.78 is 36.6. The van der Waals surface area contributed by atoms with Crippen LogP contribution in [-0.4, -0.2) is 23.4 Å². The Morgan fingerprint density at radius 3 is 1.89 bits per heavy atom. The Morgan fingerprint density at radius 1 is 0.717 bits per heavy atom. The van der Waals surface area contributed by atoms with E-state index < -0.39 is 10.2 Å². The average molecular weight is 641 g/mol. The molecule has 0 amide bonds. The fraction of sp³-hybridized carbons (Fsp3) is 0.359. The van der Waals surface area contributed by atoms with E-state index in [-0.39, 0.29) is 10.8 Å². The number of benzene rings is 4. The molecular formula is C39H45ClN2O4. The second-order valence-electron chi connectivity index (χ2n) is 13.3. The predicted octanol–water partition coefficient (Wildman–Crippen LogP) is 5.45. The standard InChI is InChI=1S/C39H45N2.ClHO4/c1-7-9-26-40-32-24-22-28-16-11-13-18-30(28)36(32)38(3,4)34(40)20-15-21-35-39(5,6)37-31-19-14-12-17-29(31)23-25-33(37)41(35)27-10-8-2;2-1(3,4)5/h11-25H,7-10,26-27H2,1-6H3;(H,2,3,4,5)/q+1;/p-1. The first kappa shape index (κ1) is 33.8. The monoisotopic (exact) mass is 640 g/mol. The molecule has 242 valence electrons. The molecule has 2 aliphatic rings. The molecule has 0 atom stereocenters. The molecule has 0 saturated heterocycles. The van der Waals surface area contributed by atoms with E-state index in [9.17, 15) is 0 Å². The summed E-state index contributed by atoms with van der Waals surface area (Å²) in [5.41, 5.74) is 8.31. The largest absolute Gasteiger partial charge is 0.344 e. The topological polar surface area (TPSA) is 98.5 Å². The van der Waals surface area contributed by atoms with Crippen molar-refractivity contribution in [3.63, 3.8) is 0 Å². The number of fused-ring (bicyclic) bond motifs is 6. The van der Waals surface area contributed by atoms with Crippen LogP contribution in [0.1, 0.15) is 78.4 Å². The van der Waals surface area contributed by atoms with Gasteiger partial charge in [0, 0.05) is 47.5 Å². The normalized spacial score (nSPS) is 17.6. The second kappa shape index (κ2) is 13.3. The van der Waals surface area contributed by atoms with Crippen molar-refractivity contribution in [3.8, 4) is 0 Å². The molecule has 2 aliphatic heterocycles. The van der Waals surface area contributed by atoms with Crippen LogP contribution >= 0.6 is 0 Å². The van der Waals surface area contributed by atoms with Gasteiger partial charge in [0.2, 0.25) is 5.69 Å². The fourth-order valence-corrected chi connectivity index (χ4v) is 7.42. The highest BCUT2D eigenvalue weighted by atomic mass is 35.7. The molecule has 4 aromatic rings. The Hall–Kier alpha value is -3.52. The highest BCUT2D eigenvalue weighted by Crippen LogP contribution is 2.51. The number of anilines is 1. The Kier molecular flexibility index (Phi) is 9.78. The lowest BCUT2D eigenvalue weighted by Gasteiger charge is -2.27. The molecule has 46 heavy (non-hydrogen) atoms. The number of hydrogen-bond donors (Lipinski definition) is 0. The van der Waals surface area contributed by atoms with Gasteiger partial charge in [0.05, 0.1) is 5.41 Å². The highest BCUT2D eigenvalue weighted by Gasteiger charge is 2.45. The minimum atomic E-state index is -4.94. The molecule has 0 saturated carbocycles. The summed E-state index contributed by atoms with van der Waals surface area (Å²) in [6, 6.07) is 27.1. The minimum absolute atomic E-state index is 0.0782. The molecule has 0 unspecified atom stereocenters. The van der Waals surface area contributed by atoms with Gasteiger partial charge in [0.15, 0.2) is 5.71 Å². The molecule has 0 fully saturated rings. The Morgan fingerprint density at radius 2 is 1.28 bits per heavy atom. The first-order valence-corrected chi connectivity index (χ1v) is 17.5. The molecule has 0 radical (unpaired) electrons. The van der Waals surface area contributed by atoms with Gasteiger partial charge >= 0.3 is 0 Å². The predicted molar refractivity (Wildman–Crippen MR) is 178 cm³/mol. The molecule has 0 N–H and O–H groups in total. The molecule has 0 bridgehead atoms. The van der Waals surface area contributed by atoms with E-state index >= 15 is 0 Å². The van der Waals surface area contributed by atoms with Crippen LogP contribution < -0.4 is 23.5 Å². The van der Waals surface area contributed by atoms with Crippen molar-refractivity contribution in [2.75, 3.05) is 18.0 Å². The van der Waals surface area contributed by atoms with Gasteiger partial charge < -0.3 is 4.90 Å². The quantitative estimate of drug-likeness (QED) is 0.239. The van der Waals surface area contributed by atoms with E-state index in [0.29, 0.717) is 0 Å². The van der Waals surface area contributed by atoms with Crippen molar-refractivity contribution in [1.82, 2.24) is 0 Å². The first-order chi connectivity index (χ1) is 21.8. The van der Waals surface area contributed by atoms with Crippen molar-refractivity contribution in [3.05, 3.63) is 108 Å². The van der Waals surface area contributed by atoms with E-state index in [1.54, 1.807) is 0 Å². The molecule has 6 nitrogen and oxygen atoms in total. The Balaban J connectivity index is 0.000000775. The summed E-state index contributed by atoms with van der Waals surface area (Å²) in [5.74, 6) is 0. The summed E-state index contributed by atoms with van der Waals surface area (Å²) in [6.45, 7) is 16.3. The maximum absolute atomic E-state index is 8.49. The molecule has 7 heteroatoms. The third-order valence-electron chi connectivity index (χ3n) is 9.49. The van der Waals surface area contributed by atoms with E-state index in [4.69, 9.17) is 18.6 Å². The van der Waals surface area contributed by atoms with Gasteiger partial charge in [-0.2, -0.15) is 4.58 Å². The third-order valence-corrected chi connectivity index (χ3v) is 9.49. The van der Waals surface area contributed by atoms with Gasteiger partial charge in [-0.05, 0) is 65.6 Å². The van der Waals surface area contributed by atoms with Crippen molar-refractivity contribution in [1.29, 1.82) is 0 Å². The maximum atomic E-state index is 8.49. The molecule has 6 rings (SSSR count). The molecule has 4 aromatic carbocycles. The van der Waals surface area contributed by atoms with Crippen LogP contribution in [0.15, 0.2) is 96.7 Å². The number of nitrogens with zero attached hydrogens (tertiary/aromatic N) is 2. The van der Waals surface area contributed by atoms with Crippen LogP contribution in [0.5, 0.6) is 0 Å². The summed E-state index contributed by atoms with van der Waals surface area (Å²) in [5, 5.41) is 5.41. The van der Waals surface area contributed by atoms with Crippen molar-refractivity contribution < 1.29 is 33.5 Å². The first-order valence-electron chi connectivity index (χ1n) is 16.3. The Bertz CT molecular complexity index is 1830. The van der Waals surface area contributed by atoms with Crippen molar-refractivity contribution in [2.24, 2.45) is 0 Å². The number of allylic oxidation sites excluding steroid dienone is 4. The summed E-state index contributed by atoms with van der Waals surface area (Å²) in [4.78, 5) is 2.59. The number of halogens is 1.